The van der Waals surface area contributed by atoms with Gasteiger partial charge in [-0.3, -0.25) is 9.59 Å². The Morgan fingerprint density at radius 1 is 1.00 bits per heavy atom. The third kappa shape index (κ3) is 2.93. The number of hydrogen-bond donors (Lipinski definition) is 0. The van der Waals surface area contributed by atoms with E-state index >= 15 is 0 Å². The van der Waals surface area contributed by atoms with Gasteiger partial charge in [-0.05, 0) is 38.8 Å². The molecule has 4 rings (SSSR count). The summed E-state index contributed by atoms with van der Waals surface area (Å²) in [6.07, 6.45) is 6.14. The minimum atomic E-state index is 0.0459. The van der Waals surface area contributed by atoms with Gasteiger partial charge >= 0.3 is 0 Å². The number of aromatic nitrogens is 2. The monoisotopic (exact) mass is 354 g/mol. The summed E-state index contributed by atoms with van der Waals surface area (Å²) in [7, 11) is 1.91. The summed E-state index contributed by atoms with van der Waals surface area (Å²) in [6, 6.07) is 4.45. The lowest BCUT2D eigenvalue weighted by Gasteiger charge is -2.34. The Morgan fingerprint density at radius 3 is 2.15 bits per heavy atom. The highest BCUT2D eigenvalue weighted by Gasteiger charge is 2.31. The van der Waals surface area contributed by atoms with Crippen molar-refractivity contribution in [2.75, 3.05) is 26.2 Å². The van der Waals surface area contributed by atoms with E-state index in [1.165, 1.54) is 18.5 Å². The lowest BCUT2D eigenvalue weighted by molar-refractivity contribution is 0.0535. The van der Waals surface area contributed by atoms with Crippen LogP contribution in [-0.2, 0) is 7.05 Å². The molecule has 6 heteroatoms. The highest BCUT2D eigenvalue weighted by Crippen LogP contribution is 2.38. The van der Waals surface area contributed by atoms with E-state index in [9.17, 15) is 9.59 Å². The fourth-order valence-electron chi connectivity index (χ4n) is 3.98. The number of aryl methyl sites for hydroxylation is 2. The molecule has 2 aromatic rings. The second-order valence-electron chi connectivity index (χ2n) is 7.54. The first-order valence-corrected chi connectivity index (χ1v) is 9.34. The van der Waals surface area contributed by atoms with E-state index in [1.807, 2.05) is 52.9 Å². The van der Waals surface area contributed by atoms with Gasteiger partial charge in [0.2, 0.25) is 0 Å². The summed E-state index contributed by atoms with van der Waals surface area (Å²) >= 11 is 0. The number of carbonyl (C=O) groups is 2. The summed E-state index contributed by atoms with van der Waals surface area (Å²) in [5, 5.41) is 0. The third-order valence-corrected chi connectivity index (χ3v) is 5.56. The van der Waals surface area contributed by atoms with Gasteiger partial charge in [0, 0.05) is 63.1 Å². The van der Waals surface area contributed by atoms with Gasteiger partial charge in [-0.2, -0.15) is 0 Å². The minimum Gasteiger partial charge on any atom is -0.356 e. The molecule has 138 valence electrons. The predicted molar refractivity (Wildman–Crippen MR) is 99.4 cm³/mol. The summed E-state index contributed by atoms with van der Waals surface area (Å²) in [4.78, 5) is 29.3. The second kappa shape index (κ2) is 6.34. The van der Waals surface area contributed by atoms with Crippen LogP contribution in [0.4, 0.5) is 0 Å². The SMILES string of the molecule is Cc1cc(C(=O)N2CCN(C(=O)c3ccn(C)c3)CC2)c(C)n1C1CC1. The zero-order valence-corrected chi connectivity index (χ0v) is 15.7. The van der Waals surface area contributed by atoms with E-state index in [0.29, 0.717) is 37.8 Å². The van der Waals surface area contributed by atoms with Crippen molar-refractivity contribution < 1.29 is 9.59 Å². The van der Waals surface area contributed by atoms with E-state index in [1.54, 1.807) is 0 Å². The van der Waals surface area contributed by atoms with E-state index < -0.39 is 0 Å². The topological polar surface area (TPSA) is 50.5 Å². The molecule has 1 aliphatic heterocycles. The summed E-state index contributed by atoms with van der Waals surface area (Å²) in [5.74, 6) is 0.140. The first kappa shape index (κ1) is 16.9. The molecule has 0 N–H and O–H groups in total. The van der Waals surface area contributed by atoms with Crippen LogP contribution < -0.4 is 0 Å². The van der Waals surface area contributed by atoms with Crippen molar-refractivity contribution in [2.24, 2.45) is 7.05 Å². The number of rotatable bonds is 3. The smallest absolute Gasteiger partial charge is 0.255 e. The van der Waals surface area contributed by atoms with Gasteiger partial charge in [0.15, 0.2) is 0 Å². The Hall–Kier alpha value is -2.50. The van der Waals surface area contributed by atoms with Crippen molar-refractivity contribution in [1.29, 1.82) is 0 Å². The summed E-state index contributed by atoms with van der Waals surface area (Å²) in [6.45, 7) is 6.48. The molecule has 1 saturated carbocycles. The maximum absolute atomic E-state index is 13.0. The molecule has 2 aromatic heterocycles. The molecule has 0 radical (unpaired) electrons. The van der Waals surface area contributed by atoms with Crippen LogP contribution in [0.15, 0.2) is 24.5 Å². The van der Waals surface area contributed by atoms with Crippen LogP contribution >= 0.6 is 0 Å². The number of hydrogen-bond acceptors (Lipinski definition) is 2. The second-order valence-corrected chi connectivity index (χ2v) is 7.54. The first-order valence-electron chi connectivity index (χ1n) is 9.34. The number of carbonyl (C=O) groups excluding carboxylic acids is 2. The lowest BCUT2D eigenvalue weighted by atomic mass is 10.2. The molecular formula is C20H26N4O2. The van der Waals surface area contributed by atoms with E-state index in [0.717, 1.165) is 11.3 Å². The molecule has 26 heavy (non-hydrogen) atoms. The molecule has 0 aromatic carbocycles. The first-order chi connectivity index (χ1) is 12.5. The van der Waals surface area contributed by atoms with Crippen LogP contribution in [0, 0.1) is 13.8 Å². The van der Waals surface area contributed by atoms with Gasteiger partial charge in [-0.25, -0.2) is 0 Å². The van der Waals surface area contributed by atoms with Gasteiger partial charge in [0.05, 0.1) is 11.1 Å². The van der Waals surface area contributed by atoms with Gasteiger partial charge < -0.3 is 18.9 Å². The van der Waals surface area contributed by atoms with Crippen LogP contribution in [0.5, 0.6) is 0 Å². The average molecular weight is 354 g/mol. The standard InChI is InChI=1S/C20H26N4O2/c1-14-12-18(15(2)24(14)17-4-5-17)20(26)23-10-8-22(9-11-23)19(25)16-6-7-21(3)13-16/h6-7,12-13,17H,4-5,8-11H2,1-3H3. The van der Waals surface area contributed by atoms with Crippen molar-refractivity contribution in [3.63, 3.8) is 0 Å². The fourth-order valence-corrected chi connectivity index (χ4v) is 3.98. The average Bonchev–Trinajstić information content (AvgIpc) is 3.30. The predicted octanol–water partition coefficient (Wildman–Crippen LogP) is 2.38. The molecule has 2 amide bonds. The molecule has 3 heterocycles. The van der Waals surface area contributed by atoms with Crippen LogP contribution in [0.3, 0.4) is 0 Å². The molecule has 2 aliphatic rings. The van der Waals surface area contributed by atoms with Crippen molar-refractivity contribution in [1.82, 2.24) is 18.9 Å². The van der Waals surface area contributed by atoms with E-state index in [4.69, 9.17) is 0 Å². The maximum Gasteiger partial charge on any atom is 0.255 e. The van der Waals surface area contributed by atoms with E-state index in [2.05, 4.69) is 11.5 Å². The van der Waals surface area contributed by atoms with Crippen molar-refractivity contribution >= 4 is 11.8 Å². The van der Waals surface area contributed by atoms with Crippen LogP contribution in [0.2, 0.25) is 0 Å². The Balaban J connectivity index is 1.42. The zero-order chi connectivity index (χ0) is 18.4. The zero-order valence-electron chi connectivity index (χ0n) is 15.7. The minimum absolute atomic E-state index is 0.0459. The van der Waals surface area contributed by atoms with Crippen LogP contribution in [-0.4, -0.2) is 56.9 Å². The third-order valence-electron chi connectivity index (χ3n) is 5.56. The molecule has 6 nitrogen and oxygen atoms in total. The molecular weight excluding hydrogens is 328 g/mol. The Kier molecular flexibility index (Phi) is 4.13. The van der Waals surface area contributed by atoms with E-state index in [-0.39, 0.29) is 11.8 Å². The van der Waals surface area contributed by atoms with Crippen molar-refractivity contribution in [3.8, 4) is 0 Å². The van der Waals surface area contributed by atoms with Gasteiger partial charge in [0.25, 0.3) is 11.8 Å². The van der Waals surface area contributed by atoms with Crippen molar-refractivity contribution in [2.45, 2.75) is 32.7 Å². The molecule has 1 aliphatic carbocycles. The summed E-state index contributed by atoms with van der Waals surface area (Å²) in [5.41, 5.74) is 3.78. The number of piperazine rings is 1. The molecule has 0 atom stereocenters. The van der Waals surface area contributed by atoms with Gasteiger partial charge in [-0.1, -0.05) is 0 Å². The molecule has 2 fully saturated rings. The largest absolute Gasteiger partial charge is 0.356 e. The molecule has 1 saturated heterocycles. The lowest BCUT2D eigenvalue weighted by Crippen LogP contribution is -2.50. The highest BCUT2D eigenvalue weighted by molar-refractivity contribution is 5.97. The van der Waals surface area contributed by atoms with Crippen LogP contribution in [0.25, 0.3) is 0 Å². The number of nitrogens with zero attached hydrogens (tertiary/aromatic N) is 4. The molecule has 0 spiro atoms. The highest BCUT2D eigenvalue weighted by atomic mass is 16.2. The quantitative estimate of drug-likeness (QED) is 0.850. The maximum atomic E-state index is 13.0. The van der Waals surface area contributed by atoms with Gasteiger partial charge in [-0.15, -0.1) is 0 Å². The van der Waals surface area contributed by atoms with Gasteiger partial charge in [0.1, 0.15) is 0 Å². The Labute approximate surface area is 154 Å². The summed E-state index contributed by atoms with van der Waals surface area (Å²) < 4.78 is 4.19. The fraction of sp³-hybridized carbons (Fsp3) is 0.500. The Bertz CT molecular complexity index is 851. The normalized spacial score (nSPS) is 17.7. The molecule has 0 unspecified atom stereocenters. The van der Waals surface area contributed by atoms with Crippen molar-refractivity contribution in [3.05, 3.63) is 47.0 Å². The molecule has 0 bridgehead atoms. The van der Waals surface area contributed by atoms with Crippen LogP contribution in [0.1, 0.15) is 51.0 Å². The number of amides is 2. The Morgan fingerprint density at radius 2 is 1.62 bits per heavy atom.